The van der Waals surface area contributed by atoms with Crippen molar-refractivity contribution >= 4 is 51.5 Å². The van der Waals surface area contributed by atoms with Crippen LogP contribution in [0.4, 0.5) is 5.69 Å². The Kier molecular flexibility index (Phi) is 4.65. The third-order valence-corrected chi connectivity index (χ3v) is 4.66. The van der Waals surface area contributed by atoms with E-state index >= 15 is 0 Å². The Morgan fingerprint density at radius 3 is 2.67 bits per heavy atom. The fourth-order valence-electron chi connectivity index (χ4n) is 1.85. The quantitative estimate of drug-likeness (QED) is 0.775. The van der Waals surface area contributed by atoms with E-state index in [4.69, 9.17) is 23.8 Å². The molecule has 1 amide bonds. The van der Waals surface area contributed by atoms with Crippen LogP contribution in [0.1, 0.15) is 26.2 Å². The fourth-order valence-corrected chi connectivity index (χ4v) is 3.56. The zero-order chi connectivity index (χ0) is 13.1. The standard InChI is InChI=1S/C13H14ClNOS2/c1-2-3-4-11-12(16)15(13(17)18-11)10-7-5-9(14)6-8-10/h5-8,11H,2-4H2,1H3. The van der Waals surface area contributed by atoms with Crippen LogP contribution in [0.3, 0.4) is 0 Å². The maximum absolute atomic E-state index is 12.3. The summed E-state index contributed by atoms with van der Waals surface area (Å²) in [5.41, 5.74) is 0.806. The van der Waals surface area contributed by atoms with Gasteiger partial charge in [-0.15, -0.1) is 0 Å². The summed E-state index contributed by atoms with van der Waals surface area (Å²) in [5, 5.41) is 0.639. The molecule has 18 heavy (non-hydrogen) atoms. The maximum atomic E-state index is 12.3. The number of carbonyl (C=O) groups excluding carboxylic acids is 1. The highest BCUT2D eigenvalue weighted by Crippen LogP contribution is 2.34. The highest BCUT2D eigenvalue weighted by atomic mass is 35.5. The van der Waals surface area contributed by atoms with Crippen LogP contribution >= 0.6 is 35.6 Å². The molecule has 1 saturated heterocycles. The van der Waals surface area contributed by atoms with Crippen molar-refractivity contribution in [2.75, 3.05) is 4.90 Å². The van der Waals surface area contributed by atoms with E-state index in [0.717, 1.165) is 24.9 Å². The molecule has 1 aromatic rings. The van der Waals surface area contributed by atoms with Gasteiger partial charge in [-0.2, -0.15) is 0 Å². The highest BCUT2D eigenvalue weighted by Gasteiger charge is 2.37. The van der Waals surface area contributed by atoms with Gasteiger partial charge in [-0.1, -0.05) is 55.3 Å². The second-order valence-corrected chi connectivity index (χ2v) is 6.44. The third-order valence-electron chi connectivity index (χ3n) is 2.83. The summed E-state index contributed by atoms with van der Waals surface area (Å²) in [7, 11) is 0. The van der Waals surface area contributed by atoms with E-state index in [1.54, 1.807) is 17.0 Å². The molecule has 1 aliphatic heterocycles. The number of benzene rings is 1. The smallest absolute Gasteiger partial charge is 0.246 e. The zero-order valence-corrected chi connectivity index (χ0v) is 12.4. The van der Waals surface area contributed by atoms with Crippen molar-refractivity contribution < 1.29 is 4.79 Å². The van der Waals surface area contributed by atoms with Gasteiger partial charge in [0.25, 0.3) is 0 Å². The van der Waals surface area contributed by atoms with E-state index in [2.05, 4.69) is 6.92 Å². The van der Waals surface area contributed by atoms with E-state index in [9.17, 15) is 4.79 Å². The van der Waals surface area contributed by atoms with Crippen LogP contribution in [0.15, 0.2) is 24.3 Å². The van der Waals surface area contributed by atoms with Crippen molar-refractivity contribution in [3.05, 3.63) is 29.3 Å². The molecular weight excluding hydrogens is 286 g/mol. The van der Waals surface area contributed by atoms with Gasteiger partial charge >= 0.3 is 0 Å². The zero-order valence-electron chi connectivity index (χ0n) is 10.1. The van der Waals surface area contributed by atoms with Crippen molar-refractivity contribution in [3.63, 3.8) is 0 Å². The summed E-state index contributed by atoms with van der Waals surface area (Å²) in [6.07, 6.45) is 3.04. The van der Waals surface area contributed by atoms with E-state index in [0.29, 0.717) is 9.34 Å². The first-order chi connectivity index (χ1) is 8.63. The monoisotopic (exact) mass is 299 g/mol. The molecule has 1 aromatic carbocycles. The third kappa shape index (κ3) is 2.87. The summed E-state index contributed by atoms with van der Waals surface area (Å²) >= 11 is 12.6. The number of carbonyl (C=O) groups is 1. The molecule has 5 heteroatoms. The largest absolute Gasteiger partial charge is 0.273 e. The summed E-state index contributed by atoms with van der Waals surface area (Å²) in [4.78, 5) is 13.9. The maximum Gasteiger partial charge on any atom is 0.246 e. The van der Waals surface area contributed by atoms with Gasteiger partial charge in [0.2, 0.25) is 5.91 Å². The minimum atomic E-state index is -0.0203. The molecule has 0 N–H and O–H groups in total. The number of nitrogens with zero attached hydrogens (tertiary/aromatic N) is 1. The molecule has 1 atom stereocenters. The Balaban J connectivity index is 2.16. The Morgan fingerprint density at radius 2 is 2.06 bits per heavy atom. The summed E-state index contributed by atoms with van der Waals surface area (Å²) in [6.45, 7) is 2.12. The molecule has 1 aliphatic rings. The van der Waals surface area contributed by atoms with Gasteiger partial charge in [0.15, 0.2) is 0 Å². The number of hydrogen-bond acceptors (Lipinski definition) is 3. The Morgan fingerprint density at radius 1 is 1.39 bits per heavy atom. The van der Waals surface area contributed by atoms with Gasteiger partial charge in [-0.25, -0.2) is 0 Å². The second-order valence-electron chi connectivity index (χ2n) is 4.16. The van der Waals surface area contributed by atoms with Crippen LogP contribution in [-0.2, 0) is 4.79 Å². The molecule has 1 fully saturated rings. The molecule has 96 valence electrons. The lowest BCUT2D eigenvalue weighted by atomic mass is 10.2. The molecule has 0 radical (unpaired) electrons. The Labute approximate surface area is 122 Å². The Hall–Kier alpha value is -0.580. The molecule has 0 bridgehead atoms. The summed E-state index contributed by atoms with van der Waals surface area (Å²) < 4.78 is 0.642. The predicted molar refractivity (Wildman–Crippen MR) is 82.4 cm³/mol. The van der Waals surface area contributed by atoms with Gasteiger partial charge < -0.3 is 0 Å². The van der Waals surface area contributed by atoms with E-state index in [1.807, 2.05) is 12.1 Å². The normalized spacial score (nSPS) is 19.7. The first-order valence-electron chi connectivity index (χ1n) is 5.93. The van der Waals surface area contributed by atoms with E-state index in [-0.39, 0.29) is 11.2 Å². The van der Waals surface area contributed by atoms with Gasteiger partial charge in [-0.05, 0) is 30.7 Å². The van der Waals surface area contributed by atoms with Crippen LogP contribution in [0.25, 0.3) is 0 Å². The first kappa shape index (κ1) is 13.8. The molecule has 1 heterocycles. The van der Waals surface area contributed by atoms with E-state index in [1.165, 1.54) is 11.8 Å². The number of hydrogen-bond donors (Lipinski definition) is 0. The summed E-state index contributed by atoms with van der Waals surface area (Å²) in [6, 6.07) is 7.21. The average molecular weight is 300 g/mol. The van der Waals surface area contributed by atoms with Crippen LogP contribution in [0, 0.1) is 0 Å². The number of rotatable bonds is 4. The average Bonchev–Trinajstić information content (AvgIpc) is 2.63. The molecule has 1 unspecified atom stereocenters. The molecular formula is C13H14ClNOS2. The molecule has 0 aromatic heterocycles. The molecule has 2 rings (SSSR count). The van der Waals surface area contributed by atoms with Crippen molar-refractivity contribution in [1.82, 2.24) is 0 Å². The molecule has 0 spiro atoms. The predicted octanol–water partition coefficient (Wildman–Crippen LogP) is 4.26. The minimum absolute atomic E-state index is 0.0203. The first-order valence-corrected chi connectivity index (χ1v) is 7.60. The number of halogens is 1. The fraction of sp³-hybridized carbons (Fsp3) is 0.385. The number of anilines is 1. The second kappa shape index (κ2) is 6.04. The van der Waals surface area contributed by atoms with E-state index < -0.39 is 0 Å². The van der Waals surface area contributed by atoms with Crippen LogP contribution in [-0.4, -0.2) is 15.5 Å². The van der Waals surface area contributed by atoms with Gasteiger partial charge in [0, 0.05) is 5.02 Å². The topological polar surface area (TPSA) is 20.3 Å². The van der Waals surface area contributed by atoms with Gasteiger partial charge in [0.05, 0.1) is 10.9 Å². The summed E-state index contributed by atoms with van der Waals surface area (Å²) in [5.74, 6) is 0.0979. The van der Waals surface area contributed by atoms with Crippen molar-refractivity contribution in [2.45, 2.75) is 31.4 Å². The van der Waals surface area contributed by atoms with Crippen LogP contribution < -0.4 is 4.90 Å². The Bertz CT molecular complexity index is 461. The number of amides is 1. The van der Waals surface area contributed by atoms with Gasteiger partial charge in [-0.3, -0.25) is 9.69 Å². The lowest BCUT2D eigenvalue weighted by Crippen LogP contribution is -2.31. The highest BCUT2D eigenvalue weighted by molar-refractivity contribution is 8.25. The lowest BCUT2D eigenvalue weighted by Gasteiger charge is -2.15. The van der Waals surface area contributed by atoms with Crippen molar-refractivity contribution in [3.8, 4) is 0 Å². The van der Waals surface area contributed by atoms with Crippen molar-refractivity contribution in [1.29, 1.82) is 0 Å². The molecule has 0 saturated carbocycles. The number of thioether (sulfide) groups is 1. The minimum Gasteiger partial charge on any atom is -0.273 e. The van der Waals surface area contributed by atoms with Crippen LogP contribution in [0.5, 0.6) is 0 Å². The SMILES string of the molecule is CCCCC1SC(=S)N(c2ccc(Cl)cc2)C1=O. The number of unbranched alkanes of at least 4 members (excludes halogenated alkanes) is 1. The number of thiocarbonyl (C=S) groups is 1. The van der Waals surface area contributed by atoms with Crippen molar-refractivity contribution in [2.24, 2.45) is 0 Å². The van der Waals surface area contributed by atoms with Gasteiger partial charge in [0.1, 0.15) is 4.32 Å². The van der Waals surface area contributed by atoms with Crippen LogP contribution in [0.2, 0.25) is 5.02 Å². The molecule has 0 aliphatic carbocycles. The lowest BCUT2D eigenvalue weighted by molar-refractivity contribution is -0.117. The molecule has 2 nitrogen and oxygen atoms in total.